The van der Waals surface area contributed by atoms with Crippen LogP contribution < -0.4 is 4.74 Å². The van der Waals surface area contributed by atoms with Gasteiger partial charge in [-0.25, -0.2) is 13.2 Å². The van der Waals surface area contributed by atoms with E-state index < -0.39 is 27.4 Å². The van der Waals surface area contributed by atoms with E-state index in [1.54, 1.807) is 37.1 Å². The number of benzene rings is 1. The summed E-state index contributed by atoms with van der Waals surface area (Å²) in [5.74, 6) is 0.553. The standard InChI is InChI=1S/C16H21NO5S/c1-4-22-15(18)17-8-7-16(2)12-9-11(21-3)5-6-13(12)23(19,20)10-14(16)17/h5-6,9,14H,4,7-8,10H2,1-3H3. The highest BCUT2D eigenvalue weighted by Gasteiger charge is 2.54. The average molecular weight is 339 g/mol. The first kappa shape index (κ1) is 16.1. The number of fused-ring (bicyclic) bond motifs is 3. The van der Waals surface area contributed by atoms with Crippen molar-refractivity contribution in [2.75, 3.05) is 26.0 Å². The highest BCUT2D eigenvalue weighted by Crippen LogP contribution is 2.48. The van der Waals surface area contributed by atoms with Crippen LogP contribution >= 0.6 is 0 Å². The minimum Gasteiger partial charge on any atom is -0.497 e. The molecule has 7 heteroatoms. The molecule has 2 aliphatic heterocycles. The van der Waals surface area contributed by atoms with Crippen LogP contribution in [0.5, 0.6) is 5.75 Å². The van der Waals surface area contributed by atoms with Crippen molar-refractivity contribution in [1.29, 1.82) is 0 Å². The fraction of sp³-hybridized carbons (Fsp3) is 0.562. The summed E-state index contributed by atoms with van der Waals surface area (Å²) in [6.07, 6.45) is 0.259. The number of amides is 1. The third kappa shape index (κ3) is 2.38. The SMILES string of the molecule is CCOC(=O)N1CCC2(C)c3cc(OC)ccc3S(=O)(=O)CC12. The van der Waals surface area contributed by atoms with Gasteiger partial charge in [-0.15, -0.1) is 0 Å². The molecule has 2 aliphatic rings. The summed E-state index contributed by atoms with van der Waals surface area (Å²) in [5, 5.41) is 0. The lowest BCUT2D eigenvalue weighted by Gasteiger charge is -2.40. The van der Waals surface area contributed by atoms with E-state index in [1.807, 2.05) is 6.92 Å². The summed E-state index contributed by atoms with van der Waals surface area (Å²) < 4.78 is 35.7. The Bertz CT molecular complexity index is 745. The van der Waals surface area contributed by atoms with E-state index in [2.05, 4.69) is 0 Å². The molecule has 126 valence electrons. The van der Waals surface area contributed by atoms with Gasteiger partial charge in [0.1, 0.15) is 5.75 Å². The van der Waals surface area contributed by atoms with E-state index in [0.717, 1.165) is 5.56 Å². The lowest BCUT2D eigenvalue weighted by molar-refractivity contribution is 0.1000. The van der Waals surface area contributed by atoms with Crippen molar-refractivity contribution < 1.29 is 22.7 Å². The Morgan fingerprint density at radius 2 is 2.17 bits per heavy atom. The molecule has 23 heavy (non-hydrogen) atoms. The molecule has 1 fully saturated rings. The Morgan fingerprint density at radius 1 is 1.43 bits per heavy atom. The Labute approximate surface area is 136 Å². The van der Waals surface area contributed by atoms with E-state index in [4.69, 9.17) is 9.47 Å². The monoisotopic (exact) mass is 339 g/mol. The molecule has 0 saturated carbocycles. The quantitative estimate of drug-likeness (QED) is 0.824. The van der Waals surface area contributed by atoms with Gasteiger partial charge in [0.15, 0.2) is 9.84 Å². The van der Waals surface area contributed by atoms with Crippen molar-refractivity contribution in [1.82, 2.24) is 4.90 Å². The lowest BCUT2D eigenvalue weighted by Crippen LogP contribution is -2.51. The third-order valence-corrected chi connectivity index (χ3v) is 6.78. The smallest absolute Gasteiger partial charge is 0.410 e. The Balaban J connectivity index is 2.11. The first-order chi connectivity index (χ1) is 10.8. The maximum atomic E-state index is 12.7. The molecule has 0 aromatic heterocycles. The zero-order valence-corrected chi connectivity index (χ0v) is 14.4. The molecule has 3 rings (SSSR count). The number of ether oxygens (including phenoxy) is 2. The molecule has 1 aromatic rings. The van der Waals surface area contributed by atoms with Crippen LogP contribution in [0.3, 0.4) is 0 Å². The van der Waals surface area contributed by atoms with Crippen molar-refractivity contribution in [2.45, 2.75) is 36.6 Å². The van der Waals surface area contributed by atoms with Gasteiger partial charge in [-0.3, -0.25) is 0 Å². The maximum absolute atomic E-state index is 12.7. The van der Waals surface area contributed by atoms with E-state index in [9.17, 15) is 13.2 Å². The van der Waals surface area contributed by atoms with Crippen LogP contribution in [0.25, 0.3) is 0 Å². The van der Waals surface area contributed by atoms with Crippen LogP contribution in [0.15, 0.2) is 23.1 Å². The number of methoxy groups -OCH3 is 1. The molecule has 6 nitrogen and oxygen atoms in total. The average Bonchev–Trinajstić information content (AvgIpc) is 2.85. The van der Waals surface area contributed by atoms with E-state index >= 15 is 0 Å². The summed E-state index contributed by atoms with van der Waals surface area (Å²) in [6, 6.07) is 4.65. The van der Waals surface area contributed by atoms with Gasteiger partial charge in [-0.05, 0) is 37.1 Å². The van der Waals surface area contributed by atoms with Gasteiger partial charge in [-0.2, -0.15) is 0 Å². The maximum Gasteiger partial charge on any atom is 0.410 e. The Morgan fingerprint density at radius 3 is 2.83 bits per heavy atom. The first-order valence-electron chi connectivity index (χ1n) is 7.68. The number of nitrogens with zero attached hydrogens (tertiary/aromatic N) is 1. The predicted molar refractivity (Wildman–Crippen MR) is 84.5 cm³/mol. The zero-order chi connectivity index (χ0) is 16.8. The topological polar surface area (TPSA) is 72.9 Å². The second-order valence-electron chi connectivity index (χ2n) is 6.22. The minimum atomic E-state index is -3.45. The van der Waals surface area contributed by atoms with Gasteiger partial charge in [0, 0.05) is 12.0 Å². The molecule has 0 bridgehead atoms. The number of carbonyl (C=O) groups is 1. The molecule has 0 aliphatic carbocycles. The van der Waals surface area contributed by atoms with Crippen LogP contribution in [0.2, 0.25) is 0 Å². The molecule has 2 heterocycles. The molecule has 0 N–H and O–H groups in total. The predicted octanol–water partition coefficient (Wildman–Crippen LogP) is 1.97. The number of likely N-dealkylation sites (tertiary alicyclic amines) is 1. The summed E-state index contributed by atoms with van der Waals surface area (Å²) in [5.41, 5.74) is 0.321. The van der Waals surface area contributed by atoms with E-state index in [-0.39, 0.29) is 12.4 Å². The fourth-order valence-electron chi connectivity index (χ4n) is 3.68. The second kappa shape index (κ2) is 5.40. The molecule has 2 atom stereocenters. The normalized spacial score (nSPS) is 28.0. The number of carbonyl (C=O) groups excluding carboxylic acids is 1. The van der Waals surface area contributed by atoms with Crippen LogP contribution in [0, 0.1) is 0 Å². The van der Waals surface area contributed by atoms with Crippen molar-refractivity contribution in [3.63, 3.8) is 0 Å². The van der Waals surface area contributed by atoms with Crippen LogP contribution in [-0.4, -0.2) is 51.5 Å². The van der Waals surface area contributed by atoms with Crippen molar-refractivity contribution in [3.05, 3.63) is 23.8 Å². The molecule has 1 saturated heterocycles. The highest BCUT2D eigenvalue weighted by molar-refractivity contribution is 7.91. The van der Waals surface area contributed by atoms with Crippen LogP contribution in [-0.2, 0) is 20.0 Å². The fourth-order valence-corrected chi connectivity index (χ4v) is 5.73. The molecular weight excluding hydrogens is 318 g/mol. The molecule has 2 unspecified atom stereocenters. The summed E-state index contributed by atoms with van der Waals surface area (Å²) in [4.78, 5) is 14.1. The molecule has 1 aromatic carbocycles. The molecule has 0 spiro atoms. The second-order valence-corrected chi connectivity index (χ2v) is 8.22. The lowest BCUT2D eigenvalue weighted by atomic mass is 9.76. The minimum absolute atomic E-state index is 0.0678. The van der Waals surface area contributed by atoms with Gasteiger partial charge in [0.05, 0.1) is 30.4 Å². The summed E-state index contributed by atoms with van der Waals surface area (Å²) in [6.45, 7) is 4.52. The van der Waals surface area contributed by atoms with Gasteiger partial charge in [-0.1, -0.05) is 6.92 Å². The summed E-state index contributed by atoms with van der Waals surface area (Å²) >= 11 is 0. The van der Waals surface area contributed by atoms with Gasteiger partial charge >= 0.3 is 6.09 Å². The van der Waals surface area contributed by atoms with E-state index in [0.29, 0.717) is 23.6 Å². The largest absolute Gasteiger partial charge is 0.497 e. The molecule has 0 radical (unpaired) electrons. The van der Waals surface area contributed by atoms with E-state index in [1.165, 1.54) is 0 Å². The van der Waals surface area contributed by atoms with Crippen molar-refractivity contribution >= 4 is 15.9 Å². The van der Waals surface area contributed by atoms with Crippen LogP contribution in [0.4, 0.5) is 4.79 Å². The highest BCUT2D eigenvalue weighted by atomic mass is 32.2. The zero-order valence-electron chi connectivity index (χ0n) is 13.5. The first-order valence-corrected chi connectivity index (χ1v) is 9.33. The Kier molecular flexibility index (Phi) is 3.78. The van der Waals surface area contributed by atoms with Crippen molar-refractivity contribution in [2.24, 2.45) is 0 Å². The van der Waals surface area contributed by atoms with Crippen molar-refractivity contribution in [3.8, 4) is 5.75 Å². The number of hydrogen-bond donors (Lipinski definition) is 0. The summed E-state index contributed by atoms with van der Waals surface area (Å²) in [7, 11) is -1.89. The van der Waals surface area contributed by atoms with Gasteiger partial charge < -0.3 is 14.4 Å². The van der Waals surface area contributed by atoms with Gasteiger partial charge in [0.25, 0.3) is 0 Å². The molecular formula is C16H21NO5S. The number of rotatable bonds is 2. The number of sulfone groups is 1. The Hall–Kier alpha value is -1.76. The molecule has 1 amide bonds. The van der Waals surface area contributed by atoms with Crippen LogP contribution in [0.1, 0.15) is 25.8 Å². The van der Waals surface area contributed by atoms with Gasteiger partial charge in [0.2, 0.25) is 0 Å². The third-order valence-electron chi connectivity index (χ3n) is 5.00. The number of hydrogen-bond acceptors (Lipinski definition) is 5.